The molecule has 0 unspecified atom stereocenters. The third kappa shape index (κ3) is 4.17. The van der Waals surface area contributed by atoms with E-state index in [1.165, 1.54) is 4.90 Å². The average molecular weight is 412 g/mol. The number of benzene rings is 2. The molecular weight excluding hydrogens is 392 g/mol. The first-order chi connectivity index (χ1) is 14.9. The maximum absolute atomic E-state index is 13.4. The van der Waals surface area contributed by atoms with E-state index in [2.05, 4.69) is 5.32 Å². The van der Waals surface area contributed by atoms with Crippen molar-refractivity contribution < 1.29 is 14.3 Å². The maximum Gasteiger partial charge on any atom is 0.351 e. The number of hydrogen-bond acceptors (Lipinski definition) is 6. The van der Waals surface area contributed by atoms with E-state index in [0.717, 1.165) is 11.1 Å². The number of nitriles is 2. The van der Waals surface area contributed by atoms with E-state index in [-0.39, 0.29) is 23.6 Å². The quantitative estimate of drug-likeness (QED) is 0.454. The number of carbonyl (C=O) groups is 2. The van der Waals surface area contributed by atoms with Crippen LogP contribution in [0.3, 0.4) is 0 Å². The maximum atomic E-state index is 13.4. The van der Waals surface area contributed by atoms with Crippen molar-refractivity contribution in [1.82, 2.24) is 0 Å². The van der Waals surface area contributed by atoms with Gasteiger partial charge >= 0.3 is 5.97 Å². The number of carbonyl (C=O) groups excluding carboxylic acids is 2. The molecule has 1 heterocycles. The second-order valence-corrected chi connectivity index (χ2v) is 6.88. The summed E-state index contributed by atoms with van der Waals surface area (Å²) in [5.41, 5.74) is 2.42. The second-order valence-electron chi connectivity index (χ2n) is 6.88. The summed E-state index contributed by atoms with van der Waals surface area (Å²) in [6, 6.07) is 18.1. The van der Waals surface area contributed by atoms with Crippen molar-refractivity contribution in [3.05, 3.63) is 82.2 Å². The smallest absolute Gasteiger partial charge is 0.351 e. The molecule has 1 aliphatic rings. The standard InChI is InChI=1S/C24H20N4O3/c1-4-31-24(30)20(14-26)22-19(13-25)21(27-17-9-5-15(2)6-10-17)23(29)28(22)18-11-7-16(3)8-12-18/h5-12,27H,4H2,1-3H3/b22-20+. The van der Waals surface area contributed by atoms with Crippen molar-refractivity contribution in [3.8, 4) is 12.1 Å². The first-order valence-corrected chi connectivity index (χ1v) is 9.62. The summed E-state index contributed by atoms with van der Waals surface area (Å²) in [6.45, 7) is 5.49. The Morgan fingerprint density at radius 3 is 2.13 bits per heavy atom. The van der Waals surface area contributed by atoms with Crippen molar-refractivity contribution in [2.75, 3.05) is 16.8 Å². The van der Waals surface area contributed by atoms with Gasteiger partial charge in [0, 0.05) is 11.4 Å². The molecule has 1 aliphatic heterocycles. The fraction of sp³-hybridized carbons (Fsp3) is 0.167. The number of nitrogens with one attached hydrogen (secondary N) is 1. The average Bonchev–Trinajstić information content (AvgIpc) is 3.02. The van der Waals surface area contributed by atoms with Gasteiger partial charge in [0.05, 0.1) is 12.3 Å². The summed E-state index contributed by atoms with van der Waals surface area (Å²) in [7, 11) is 0. The van der Waals surface area contributed by atoms with Crippen LogP contribution in [-0.4, -0.2) is 18.5 Å². The highest BCUT2D eigenvalue weighted by molar-refractivity contribution is 6.17. The summed E-state index contributed by atoms with van der Waals surface area (Å²) in [5, 5.41) is 22.6. The molecule has 0 bridgehead atoms. The van der Waals surface area contributed by atoms with E-state index in [4.69, 9.17) is 4.74 Å². The van der Waals surface area contributed by atoms with Crippen LogP contribution in [0.4, 0.5) is 11.4 Å². The Morgan fingerprint density at radius 2 is 1.61 bits per heavy atom. The molecule has 1 N–H and O–H groups in total. The molecule has 0 radical (unpaired) electrons. The van der Waals surface area contributed by atoms with Gasteiger partial charge in [0.25, 0.3) is 5.91 Å². The first-order valence-electron chi connectivity index (χ1n) is 9.62. The van der Waals surface area contributed by atoms with Crippen LogP contribution in [0.15, 0.2) is 71.1 Å². The van der Waals surface area contributed by atoms with E-state index >= 15 is 0 Å². The van der Waals surface area contributed by atoms with Crippen LogP contribution in [0.5, 0.6) is 0 Å². The molecule has 0 spiro atoms. The van der Waals surface area contributed by atoms with E-state index in [1.807, 2.05) is 38.1 Å². The van der Waals surface area contributed by atoms with Crippen molar-refractivity contribution in [3.63, 3.8) is 0 Å². The molecule has 0 saturated carbocycles. The van der Waals surface area contributed by atoms with Gasteiger partial charge in [-0.15, -0.1) is 0 Å². The van der Waals surface area contributed by atoms with E-state index in [0.29, 0.717) is 11.4 Å². The Morgan fingerprint density at radius 1 is 1.03 bits per heavy atom. The van der Waals surface area contributed by atoms with Crippen molar-refractivity contribution in [1.29, 1.82) is 10.5 Å². The van der Waals surface area contributed by atoms with Gasteiger partial charge < -0.3 is 10.1 Å². The van der Waals surface area contributed by atoms with Gasteiger partial charge in [0.2, 0.25) is 0 Å². The zero-order valence-corrected chi connectivity index (χ0v) is 17.4. The number of anilines is 2. The summed E-state index contributed by atoms with van der Waals surface area (Å²) in [4.78, 5) is 27.1. The molecule has 1 amide bonds. The SMILES string of the molecule is CCOC(=O)/C(C#N)=C1\C(C#N)=C(Nc2ccc(C)cc2)C(=O)N1c1ccc(C)cc1. The molecule has 7 nitrogen and oxygen atoms in total. The molecular formula is C24H20N4O3. The second kappa shape index (κ2) is 8.98. The Kier molecular flexibility index (Phi) is 6.18. The fourth-order valence-electron chi connectivity index (χ4n) is 3.13. The Bertz CT molecular complexity index is 1180. The number of aryl methyl sites for hydroxylation is 2. The van der Waals surface area contributed by atoms with Crippen molar-refractivity contribution in [2.24, 2.45) is 0 Å². The molecule has 2 aromatic carbocycles. The molecule has 0 aliphatic carbocycles. The lowest BCUT2D eigenvalue weighted by Gasteiger charge is -2.20. The summed E-state index contributed by atoms with van der Waals surface area (Å²) in [6.07, 6.45) is 0. The summed E-state index contributed by atoms with van der Waals surface area (Å²) in [5.74, 6) is -1.44. The van der Waals surface area contributed by atoms with Crippen LogP contribution in [0.1, 0.15) is 18.1 Å². The highest BCUT2D eigenvalue weighted by Gasteiger charge is 2.40. The minimum atomic E-state index is -0.894. The third-order valence-corrected chi connectivity index (χ3v) is 4.68. The largest absolute Gasteiger partial charge is 0.462 e. The number of nitrogens with zero attached hydrogens (tertiary/aromatic N) is 3. The summed E-state index contributed by atoms with van der Waals surface area (Å²) >= 11 is 0. The molecule has 31 heavy (non-hydrogen) atoms. The van der Waals surface area contributed by atoms with Gasteiger partial charge in [0.1, 0.15) is 23.4 Å². The molecule has 7 heteroatoms. The van der Waals surface area contributed by atoms with Crippen LogP contribution in [0.2, 0.25) is 0 Å². The zero-order chi connectivity index (χ0) is 22.5. The fourth-order valence-corrected chi connectivity index (χ4v) is 3.13. The lowest BCUT2D eigenvalue weighted by atomic mass is 10.1. The Balaban J connectivity index is 2.22. The molecule has 0 fully saturated rings. The minimum absolute atomic E-state index is 0.0148. The summed E-state index contributed by atoms with van der Waals surface area (Å²) < 4.78 is 5.00. The van der Waals surface area contributed by atoms with Gasteiger partial charge in [-0.05, 0) is 45.0 Å². The first kappa shape index (κ1) is 21.4. The van der Waals surface area contributed by atoms with E-state index in [1.54, 1.807) is 43.3 Å². The molecule has 0 aromatic heterocycles. The molecule has 0 saturated heterocycles. The third-order valence-electron chi connectivity index (χ3n) is 4.68. The number of esters is 1. The van der Waals surface area contributed by atoms with Gasteiger partial charge in [0.15, 0.2) is 5.57 Å². The monoisotopic (exact) mass is 412 g/mol. The normalized spacial score (nSPS) is 14.7. The van der Waals surface area contributed by atoms with Crippen LogP contribution in [-0.2, 0) is 14.3 Å². The van der Waals surface area contributed by atoms with E-state index < -0.39 is 17.4 Å². The Labute approximate surface area is 180 Å². The Hall–Kier alpha value is -4.36. The van der Waals surface area contributed by atoms with E-state index in [9.17, 15) is 20.1 Å². The van der Waals surface area contributed by atoms with Gasteiger partial charge in [-0.3, -0.25) is 9.69 Å². The van der Waals surface area contributed by atoms with Gasteiger partial charge in [-0.1, -0.05) is 35.4 Å². The highest BCUT2D eigenvalue weighted by atomic mass is 16.5. The molecule has 2 aromatic rings. The molecule has 154 valence electrons. The predicted molar refractivity (Wildman–Crippen MR) is 115 cm³/mol. The van der Waals surface area contributed by atoms with Crippen molar-refractivity contribution in [2.45, 2.75) is 20.8 Å². The number of amides is 1. The van der Waals surface area contributed by atoms with Crippen LogP contribution < -0.4 is 10.2 Å². The van der Waals surface area contributed by atoms with Crippen LogP contribution >= 0.6 is 0 Å². The number of ether oxygens (including phenoxy) is 1. The van der Waals surface area contributed by atoms with Crippen LogP contribution in [0, 0.1) is 36.5 Å². The number of rotatable bonds is 5. The molecule has 3 rings (SSSR count). The lowest BCUT2D eigenvalue weighted by molar-refractivity contribution is -0.138. The zero-order valence-electron chi connectivity index (χ0n) is 17.4. The van der Waals surface area contributed by atoms with Gasteiger partial charge in [-0.25, -0.2) is 4.79 Å². The molecule has 0 atom stereocenters. The topological polar surface area (TPSA) is 106 Å². The minimum Gasteiger partial charge on any atom is -0.462 e. The number of allylic oxidation sites excluding steroid dienone is 1. The lowest BCUT2D eigenvalue weighted by Crippen LogP contribution is -2.29. The van der Waals surface area contributed by atoms with Crippen LogP contribution in [0.25, 0.3) is 0 Å². The number of hydrogen-bond donors (Lipinski definition) is 1. The van der Waals surface area contributed by atoms with Crippen molar-refractivity contribution >= 4 is 23.3 Å². The predicted octanol–water partition coefficient (Wildman–Crippen LogP) is 3.88. The highest BCUT2D eigenvalue weighted by Crippen LogP contribution is 2.36. The van der Waals surface area contributed by atoms with Gasteiger partial charge in [-0.2, -0.15) is 10.5 Å².